The maximum absolute atomic E-state index is 11.5. The van der Waals surface area contributed by atoms with Crippen molar-refractivity contribution in [3.05, 3.63) is 23.8 Å². The highest BCUT2D eigenvalue weighted by Gasteiger charge is 2.13. The van der Waals surface area contributed by atoms with Gasteiger partial charge in [0.1, 0.15) is 5.75 Å². The minimum absolute atomic E-state index is 0.0223. The number of anilines is 1. The molecule has 1 aliphatic heterocycles. The van der Waals surface area contributed by atoms with E-state index >= 15 is 0 Å². The van der Waals surface area contributed by atoms with Crippen LogP contribution in [-0.4, -0.2) is 19.1 Å². The molecule has 2 rings (SSSR count). The Morgan fingerprint density at radius 1 is 1.28 bits per heavy atom. The molecular weight excluding hydrogens is 228 g/mol. The SMILES string of the molecule is NCCCCCc1ccc2c(c1)NC(=O)CCO2. The summed E-state index contributed by atoms with van der Waals surface area (Å²) in [6, 6.07) is 6.03. The van der Waals surface area contributed by atoms with Crippen molar-refractivity contribution in [2.75, 3.05) is 18.5 Å². The van der Waals surface area contributed by atoms with Crippen LogP contribution in [0.1, 0.15) is 31.2 Å². The van der Waals surface area contributed by atoms with Crippen LogP contribution in [0.4, 0.5) is 5.69 Å². The molecule has 0 radical (unpaired) electrons. The molecule has 0 unspecified atom stereocenters. The van der Waals surface area contributed by atoms with Gasteiger partial charge >= 0.3 is 0 Å². The van der Waals surface area contributed by atoms with Crippen molar-refractivity contribution in [1.29, 1.82) is 0 Å². The number of nitrogens with one attached hydrogen (secondary N) is 1. The van der Waals surface area contributed by atoms with Gasteiger partial charge < -0.3 is 15.8 Å². The summed E-state index contributed by atoms with van der Waals surface area (Å²) >= 11 is 0. The van der Waals surface area contributed by atoms with E-state index in [9.17, 15) is 4.79 Å². The van der Waals surface area contributed by atoms with Crippen LogP contribution in [0.2, 0.25) is 0 Å². The molecule has 0 fully saturated rings. The Balaban J connectivity index is 1.99. The van der Waals surface area contributed by atoms with E-state index in [0.717, 1.165) is 43.7 Å². The quantitative estimate of drug-likeness (QED) is 0.784. The van der Waals surface area contributed by atoms with Crippen LogP contribution < -0.4 is 15.8 Å². The molecule has 0 saturated carbocycles. The van der Waals surface area contributed by atoms with E-state index < -0.39 is 0 Å². The monoisotopic (exact) mass is 248 g/mol. The summed E-state index contributed by atoms with van der Waals surface area (Å²) in [5.74, 6) is 0.792. The van der Waals surface area contributed by atoms with Crippen LogP contribution in [0.3, 0.4) is 0 Å². The number of nitrogens with two attached hydrogens (primary N) is 1. The molecule has 0 aromatic heterocycles. The van der Waals surface area contributed by atoms with Crippen molar-refractivity contribution >= 4 is 11.6 Å². The second kappa shape index (κ2) is 6.40. The standard InChI is InChI=1S/C14H20N2O2/c15-8-3-1-2-4-11-5-6-13-12(10-11)16-14(17)7-9-18-13/h5-6,10H,1-4,7-9,15H2,(H,16,17). The fourth-order valence-corrected chi connectivity index (χ4v) is 2.07. The number of rotatable bonds is 5. The summed E-state index contributed by atoms with van der Waals surface area (Å²) in [5.41, 5.74) is 7.50. The van der Waals surface area contributed by atoms with Crippen LogP contribution >= 0.6 is 0 Å². The number of aryl methyl sites for hydroxylation is 1. The maximum Gasteiger partial charge on any atom is 0.227 e. The Labute approximate surface area is 108 Å². The number of ether oxygens (including phenoxy) is 1. The minimum Gasteiger partial charge on any atom is -0.491 e. The first-order valence-corrected chi connectivity index (χ1v) is 6.55. The smallest absolute Gasteiger partial charge is 0.227 e. The molecule has 1 aromatic rings. The highest BCUT2D eigenvalue weighted by molar-refractivity contribution is 5.93. The zero-order chi connectivity index (χ0) is 12.8. The van der Waals surface area contributed by atoms with Crippen molar-refractivity contribution in [3.63, 3.8) is 0 Å². The van der Waals surface area contributed by atoms with Crippen LogP contribution in [-0.2, 0) is 11.2 Å². The van der Waals surface area contributed by atoms with E-state index in [1.165, 1.54) is 5.56 Å². The average Bonchev–Trinajstić information content (AvgIpc) is 2.55. The lowest BCUT2D eigenvalue weighted by atomic mass is 10.1. The van der Waals surface area contributed by atoms with Crippen molar-refractivity contribution in [3.8, 4) is 5.75 Å². The van der Waals surface area contributed by atoms with Crippen molar-refractivity contribution < 1.29 is 9.53 Å². The Hall–Kier alpha value is -1.55. The molecule has 1 heterocycles. The highest BCUT2D eigenvalue weighted by atomic mass is 16.5. The van der Waals surface area contributed by atoms with Crippen LogP contribution in [0, 0.1) is 0 Å². The number of carbonyl (C=O) groups is 1. The number of fused-ring (bicyclic) bond motifs is 1. The average molecular weight is 248 g/mol. The third-order valence-electron chi connectivity index (χ3n) is 3.07. The predicted octanol–water partition coefficient (Wildman–Crippen LogP) is 2.08. The first-order chi connectivity index (χ1) is 8.79. The molecule has 0 aliphatic carbocycles. The summed E-state index contributed by atoms with van der Waals surface area (Å²) in [4.78, 5) is 11.5. The number of benzene rings is 1. The first kappa shape index (κ1) is 12.9. The van der Waals surface area contributed by atoms with Crippen molar-refractivity contribution in [2.45, 2.75) is 32.1 Å². The van der Waals surface area contributed by atoms with Gasteiger partial charge in [-0.2, -0.15) is 0 Å². The molecule has 0 spiro atoms. The Kier molecular flexibility index (Phi) is 4.59. The molecule has 0 atom stereocenters. The molecule has 4 nitrogen and oxygen atoms in total. The second-order valence-electron chi connectivity index (χ2n) is 4.58. The van der Waals surface area contributed by atoms with E-state index in [-0.39, 0.29) is 5.91 Å². The zero-order valence-corrected chi connectivity index (χ0v) is 10.6. The number of amides is 1. The van der Waals surface area contributed by atoms with Gasteiger partial charge in [0.05, 0.1) is 18.7 Å². The van der Waals surface area contributed by atoms with Gasteiger partial charge in [-0.05, 0) is 43.5 Å². The van der Waals surface area contributed by atoms with Gasteiger partial charge in [0.25, 0.3) is 0 Å². The topological polar surface area (TPSA) is 64.3 Å². The molecule has 1 amide bonds. The number of hydrogen-bond donors (Lipinski definition) is 2. The van der Waals surface area contributed by atoms with Crippen LogP contribution in [0.15, 0.2) is 18.2 Å². The first-order valence-electron chi connectivity index (χ1n) is 6.55. The second-order valence-corrected chi connectivity index (χ2v) is 4.58. The molecule has 4 heteroatoms. The van der Waals surface area contributed by atoms with Gasteiger partial charge in [-0.1, -0.05) is 12.5 Å². The normalized spacial score (nSPS) is 14.4. The van der Waals surface area contributed by atoms with E-state index in [4.69, 9.17) is 10.5 Å². The number of carbonyl (C=O) groups excluding carboxylic acids is 1. The van der Waals surface area contributed by atoms with Crippen molar-refractivity contribution in [1.82, 2.24) is 0 Å². The molecule has 0 bridgehead atoms. The Bertz CT molecular complexity index is 418. The lowest BCUT2D eigenvalue weighted by molar-refractivity contribution is -0.116. The largest absolute Gasteiger partial charge is 0.491 e. The summed E-state index contributed by atoms with van der Waals surface area (Å²) in [6.45, 7) is 1.21. The number of unbranched alkanes of at least 4 members (excludes halogenated alkanes) is 2. The lowest BCUT2D eigenvalue weighted by Crippen LogP contribution is -2.10. The molecule has 98 valence electrons. The summed E-state index contributed by atoms with van der Waals surface area (Å²) in [5, 5.41) is 2.88. The minimum atomic E-state index is 0.0223. The third-order valence-corrected chi connectivity index (χ3v) is 3.07. The third kappa shape index (κ3) is 3.47. The van der Waals surface area contributed by atoms with Gasteiger partial charge in [0.2, 0.25) is 5.91 Å². The highest BCUT2D eigenvalue weighted by Crippen LogP contribution is 2.28. The lowest BCUT2D eigenvalue weighted by Gasteiger charge is -2.09. The molecule has 0 saturated heterocycles. The summed E-state index contributed by atoms with van der Waals surface area (Å²) < 4.78 is 5.52. The summed E-state index contributed by atoms with van der Waals surface area (Å²) in [7, 11) is 0. The zero-order valence-electron chi connectivity index (χ0n) is 10.6. The van der Waals surface area contributed by atoms with Crippen molar-refractivity contribution in [2.24, 2.45) is 5.73 Å². The van der Waals surface area contributed by atoms with Gasteiger partial charge in [-0.3, -0.25) is 4.79 Å². The van der Waals surface area contributed by atoms with E-state index in [1.807, 2.05) is 12.1 Å². The van der Waals surface area contributed by atoms with Gasteiger partial charge in [-0.25, -0.2) is 0 Å². The Morgan fingerprint density at radius 3 is 3.00 bits per heavy atom. The van der Waals surface area contributed by atoms with Gasteiger partial charge in [0, 0.05) is 0 Å². The van der Waals surface area contributed by atoms with Gasteiger partial charge in [-0.15, -0.1) is 0 Å². The fraction of sp³-hybridized carbons (Fsp3) is 0.500. The molecule has 1 aliphatic rings. The fourth-order valence-electron chi connectivity index (χ4n) is 2.07. The van der Waals surface area contributed by atoms with Crippen LogP contribution in [0.5, 0.6) is 5.75 Å². The van der Waals surface area contributed by atoms with Crippen LogP contribution in [0.25, 0.3) is 0 Å². The van der Waals surface area contributed by atoms with E-state index in [1.54, 1.807) is 0 Å². The molecular formula is C14H20N2O2. The van der Waals surface area contributed by atoms with E-state index in [0.29, 0.717) is 13.0 Å². The summed E-state index contributed by atoms with van der Waals surface area (Å²) in [6.07, 6.45) is 4.79. The number of hydrogen-bond acceptors (Lipinski definition) is 3. The Morgan fingerprint density at radius 2 is 2.17 bits per heavy atom. The predicted molar refractivity (Wildman–Crippen MR) is 71.8 cm³/mol. The van der Waals surface area contributed by atoms with Gasteiger partial charge in [0.15, 0.2) is 0 Å². The van der Waals surface area contributed by atoms with E-state index in [2.05, 4.69) is 11.4 Å². The maximum atomic E-state index is 11.5. The molecule has 1 aromatic carbocycles. The molecule has 3 N–H and O–H groups in total. The molecule has 18 heavy (non-hydrogen) atoms.